The third kappa shape index (κ3) is 1.66. The molecule has 2 aromatic rings. The predicted molar refractivity (Wildman–Crippen MR) is 82.2 cm³/mol. The molecule has 21 heavy (non-hydrogen) atoms. The van der Waals surface area contributed by atoms with E-state index in [1.165, 1.54) is 19.3 Å². The van der Waals surface area contributed by atoms with Crippen molar-refractivity contribution in [2.45, 2.75) is 53.0 Å². The molecule has 3 unspecified atom stereocenters. The summed E-state index contributed by atoms with van der Waals surface area (Å²) in [6.45, 7) is 9.19. The second-order valence-corrected chi connectivity index (χ2v) is 7.71. The van der Waals surface area contributed by atoms with Gasteiger partial charge in [-0.05, 0) is 42.9 Å². The Morgan fingerprint density at radius 2 is 2.10 bits per heavy atom. The molecule has 0 aromatic carbocycles. The highest BCUT2D eigenvalue weighted by atomic mass is 15.3. The fourth-order valence-electron chi connectivity index (χ4n) is 4.84. The largest absolute Gasteiger partial charge is 0.363 e. The molecule has 0 saturated heterocycles. The second-order valence-electron chi connectivity index (χ2n) is 7.71. The van der Waals surface area contributed by atoms with Gasteiger partial charge in [0.1, 0.15) is 5.82 Å². The summed E-state index contributed by atoms with van der Waals surface area (Å²) in [5.74, 6) is 2.58. The smallest absolute Gasteiger partial charge is 0.203 e. The lowest BCUT2D eigenvalue weighted by Crippen LogP contribution is -2.46. The van der Waals surface area contributed by atoms with Gasteiger partial charge in [-0.3, -0.25) is 4.40 Å². The summed E-state index contributed by atoms with van der Waals surface area (Å²) in [4.78, 5) is 4.53. The van der Waals surface area contributed by atoms with Crippen LogP contribution in [0.1, 0.15) is 45.9 Å². The Morgan fingerprint density at radius 1 is 1.29 bits per heavy atom. The zero-order valence-corrected chi connectivity index (χ0v) is 13.2. The Balaban J connectivity index is 1.75. The molecule has 112 valence electrons. The number of rotatable bonds is 2. The Bertz CT molecular complexity index is 699. The van der Waals surface area contributed by atoms with Crippen LogP contribution in [0.2, 0.25) is 0 Å². The van der Waals surface area contributed by atoms with E-state index in [1.807, 2.05) is 23.7 Å². The van der Waals surface area contributed by atoms with Crippen LogP contribution >= 0.6 is 0 Å². The number of hydrogen-bond donors (Lipinski definition) is 1. The third-order valence-electron chi connectivity index (χ3n) is 6.05. The molecule has 2 saturated carbocycles. The summed E-state index contributed by atoms with van der Waals surface area (Å²) in [7, 11) is 0. The summed E-state index contributed by atoms with van der Waals surface area (Å²) < 4.78 is 2.00. The first-order valence-electron chi connectivity index (χ1n) is 7.85. The first-order valence-corrected chi connectivity index (χ1v) is 7.85. The van der Waals surface area contributed by atoms with Crippen LogP contribution in [-0.4, -0.2) is 25.6 Å². The Labute approximate surface area is 125 Å². The van der Waals surface area contributed by atoms with Gasteiger partial charge in [-0.2, -0.15) is 0 Å². The molecule has 0 radical (unpaired) electrons. The van der Waals surface area contributed by atoms with Gasteiger partial charge in [0.15, 0.2) is 5.82 Å². The van der Waals surface area contributed by atoms with E-state index in [0.29, 0.717) is 16.9 Å². The maximum Gasteiger partial charge on any atom is 0.203 e. The molecule has 2 fully saturated rings. The molecule has 2 aliphatic rings. The van der Waals surface area contributed by atoms with Crippen molar-refractivity contribution in [2.75, 3.05) is 5.32 Å². The average Bonchev–Trinajstić information content (AvgIpc) is 3.05. The van der Waals surface area contributed by atoms with Crippen LogP contribution in [0.15, 0.2) is 12.4 Å². The van der Waals surface area contributed by atoms with Crippen molar-refractivity contribution in [2.24, 2.45) is 16.7 Å². The van der Waals surface area contributed by atoms with E-state index in [-0.39, 0.29) is 0 Å². The monoisotopic (exact) mass is 285 g/mol. The molecule has 5 nitrogen and oxygen atoms in total. The van der Waals surface area contributed by atoms with Crippen LogP contribution in [0, 0.1) is 23.7 Å². The van der Waals surface area contributed by atoms with Crippen molar-refractivity contribution in [1.29, 1.82) is 0 Å². The zero-order valence-electron chi connectivity index (χ0n) is 13.2. The molecule has 0 amide bonds. The molecule has 5 heteroatoms. The molecule has 0 aliphatic heterocycles. The fraction of sp³-hybridized carbons (Fsp3) is 0.688. The van der Waals surface area contributed by atoms with Gasteiger partial charge in [0.25, 0.3) is 0 Å². The standard InChI is InChI=1S/C16H23N5/c1-10-19-20-13-12(17-7-8-21(10)13)18-14-15(2,3)11-5-6-16(14,4)9-11/h7-8,11,14H,5-6,9H2,1-4H3,(H,17,18). The van der Waals surface area contributed by atoms with Gasteiger partial charge in [-0.15, -0.1) is 10.2 Å². The van der Waals surface area contributed by atoms with Gasteiger partial charge in [0, 0.05) is 18.4 Å². The Hall–Kier alpha value is -1.65. The number of nitrogens with one attached hydrogen (secondary N) is 1. The number of nitrogens with zero attached hydrogens (tertiary/aromatic N) is 4. The summed E-state index contributed by atoms with van der Waals surface area (Å²) in [6, 6.07) is 0.444. The third-order valence-corrected chi connectivity index (χ3v) is 6.05. The molecule has 0 spiro atoms. The number of hydrogen-bond acceptors (Lipinski definition) is 4. The van der Waals surface area contributed by atoms with Gasteiger partial charge in [0.2, 0.25) is 5.65 Å². The van der Waals surface area contributed by atoms with E-state index < -0.39 is 0 Å². The predicted octanol–water partition coefficient (Wildman–Crippen LogP) is 3.06. The molecule has 2 bridgehead atoms. The lowest BCUT2D eigenvalue weighted by Gasteiger charge is -2.43. The quantitative estimate of drug-likeness (QED) is 0.921. The van der Waals surface area contributed by atoms with E-state index in [9.17, 15) is 0 Å². The number of fused-ring (bicyclic) bond motifs is 3. The molecule has 2 aromatic heterocycles. The SMILES string of the molecule is Cc1nnc2c(NC3C4(C)CCC(C4)C3(C)C)nccn12. The lowest BCUT2D eigenvalue weighted by molar-refractivity contribution is 0.155. The van der Waals surface area contributed by atoms with Gasteiger partial charge < -0.3 is 5.32 Å². The maximum atomic E-state index is 4.53. The van der Waals surface area contributed by atoms with Crippen molar-refractivity contribution >= 4 is 11.5 Å². The van der Waals surface area contributed by atoms with Crippen molar-refractivity contribution in [3.8, 4) is 0 Å². The topological polar surface area (TPSA) is 55.1 Å². The molecule has 2 aliphatic carbocycles. The number of aryl methyl sites for hydroxylation is 1. The average molecular weight is 285 g/mol. The Morgan fingerprint density at radius 3 is 2.81 bits per heavy atom. The summed E-state index contributed by atoms with van der Waals surface area (Å²) >= 11 is 0. The number of aromatic nitrogens is 4. The first-order chi connectivity index (χ1) is 9.92. The minimum Gasteiger partial charge on any atom is -0.363 e. The van der Waals surface area contributed by atoms with Gasteiger partial charge in [0.05, 0.1) is 0 Å². The van der Waals surface area contributed by atoms with E-state index >= 15 is 0 Å². The van der Waals surface area contributed by atoms with Gasteiger partial charge >= 0.3 is 0 Å². The van der Waals surface area contributed by atoms with Crippen LogP contribution in [-0.2, 0) is 0 Å². The first kappa shape index (κ1) is 13.0. The van der Waals surface area contributed by atoms with E-state index in [4.69, 9.17) is 0 Å². The molecule has 4 rings (SSSR count). The van der Waals surface area contributed by atoms with Crippen molar-refractivity contribution in [3.63, 3.8) is 0 Å². The summed E-state index contributed by atoms with van der Waals surface area (Å²) in [5, 5.41) is 12.2. The second kappa shape index (κ2) is 3.96. The summed E-state index contributed by atoms with van der Waals surface area (Å²) in [5.41, 5.74) is 1.51. The zero-order chi connectivity index (χ0) is 14.8. The van der Waals surface area contributed by atoms with E-state index in [1.54, 1.807) is 0 Å². The minimum absolute atomic E-state index is 0.302. The molecular formula is C16H23N5. The van der Waals surface area contributed by atoms with Gasteiger partial charge in [-0.25, -0.2) is 4.98 Å². The fourth-order valence-corrected chi connectivity index (χ4v) is 4.84. The highest BCUT2D eigenvalue weighted by Gasteiger charge is 2.59. The van der Waals surface area contributed by atoms with Crippen LogP contribution in [0.25, 0.3) is 5.65 Å². The van der Waals surface area contributed by atoms with Crippen LogP contribution in [0.4, 0.5) is 5.82 Å². The Kier molecular flexibility index (Phi) is 2.46. The highest BCUT2D eigenvalue weighted by Crippen LogP contribution is 2.63. The van der Waals surface area contributed by atoms with Crippen LogP contribution in [0.5, 0.6) is 0 Å². The van der Waals surface area contributed by atoms with E-state index in [0.717, 1.165) is 23.2 Å². The molecule has 3 atom stereocenters. The highest BCUT2D eigenvalue weighted by molar-refractivity contribution is 5.63. The van der Waals surface area contributed by atoms with Crippen LogP contribution in [0.3, 0.4) is 0 Å². The maximum absolute atomic E-state index is 4.53. The summed E-state index contributed by atoms with van der Waals surface area (Å²) in [6.07, 6.45) is 7.75. The van der Waals surface area contributed by atoms with Crippen molar-refractivity contribution in [3.05, 3.63) is 18.2 Å². The van der Waals surface area contributed by atoms with Crippen molar-refractivity contribution < 1.29 is 0 Å². The van der Waals surface area contributed by atoms with Gasteiger partial charge in [-0.1, -0.05) is 20.8 Å². The molecule has 2 heterocycles. The molecule has 1 N–H and O–H groups in total. The van der Waals surface area contributed by atoms with Crippen molar-refractivity contribution in [1.82, 2.24) is 19.6 Å². The number of anilines is 1. The molecular weight excluding hydrogens is 262 g/mol. The lowest BCUT2D eigenvalue weighted by atomic mass is 9.68. The van der Waals surface area contributed by atoms with Crippen LogP contribution < -0.4 is 5.32 Å². The normalized spacial score (nSPS) is 33.7. The minimum atomic E-state index is 0.302. The van der Waals surface area contributed by atoms with E-state index in [2.05, 4.69) is 41.3 Å².